The summed E-state index contributed by atoms with van der Waals surface area (Å²) in [5.41, 5.74) is 0.215. The summed E-state index contributed by atoms with van der Waals surface area (Å²) in [5, 5.41) is 12.3. The molecule has 0 amide bonds. The maximum Gasteiger partial charge on any atom is 0.337 e. The second-order valence-corrected chi connectivity index (χ2v) is 5.33. The first kappa shape index (κ1) is 13.0. The number of nitrogens with one attached hydrogen (secondary N) is 1. The number of sulfonamides is 1. The molecule has 0 aromatic carbocycles. The number of hydrogen-bond donors (Lipinski definition) is 2. The van der Waals surface area contributed by atoms with Gasteiger partial charge >= 0.3 is 5.97 Å². The van der Waals surface area contributed by atoms with E-state index in [0.717, 1.165) is 12.3 Å². The normalized spacial score (nSPS) is 11.2. The van der Waals surface area contributed by atoms with Crippen molar-refractivity contribution in [3.8, 4) is 0 Å². The molecule has 0 aliphatic heterocycles. The third kappa shape index (κ3) is 2.88. The van der Waals surface area contributed by atoms with Crippen LogP contribution in [0.25, 0.3) is 0 Å². The smallest absolute Gasteiger partial charge is 0.337 e. The van der Waals surface area contributed by atoms with Crippen molar-refractivity contribution < 1.29 is 18.3 Å². The van der Waals surface area contributed by atoms with Crippen molar-refractivity contribution >= 4 is 21.7 Å². The fraction of sp³-hybridized carbons (Fsp3) is 0.100. The van der Waals surface area contributed by atoms with Crippen molar-refractivity contribution in [1.29, 1.82) is 0 Å². The number of anilines is 1. The van der Waals surface area contributed by atoms with Gasteiger partial charge in [-0.3, -0.25) is 9.40 Å². The summed E-state index contributed by atoms with van der Waals surface area (Å²) >= 11 is 0. The Morgan fingerprint density at radius 2 is 2.11 bits per heavy atom. The molecule has 0 aliphatic rings. The molecule has 0 aliphatic carbocycles. The fourth-order valence-corrected chi connectivity index (χ4v) is 2.31. The Morgan fingerprint density at radius 1 is 1.37 bits per heavy atom. The first-order chi connectivity index (χ1) is 8.88. The van der Waals surface area contributed by atoms with E-state index < -0.39 is 16.0 Å². The minimum absolute atomic E-state index is 0.0830. The van der Waals surface area contributed by atoms with E-state index in [1.165, 1.54) is 23.1 Å². The molecule has 19 heavy (non-hydrogen) atoms. The number of carbonyl (C=O) groups is 1. The summed E-state index contributed by atoms with van der Waals surface area (Å²) in [6.45, 7) is 0. The number of rotatable bonds is 4. The van der Waals surface area contributed by atoms with Crippen LogP contribution in [0.5, 0.6) is 0 Å². The van der Waals surface area contributed by atoms with E-state index in [9.17, 15) is 13.2 Å². The van der Waals surface area contributed by atoms with Gasteiger partial charge in [0.15, 0.2) is 5.03 Å². The number of nitrogens with zero attached hydrogens (tertiary/aromatic N) is 3. The van der Waals surface area contributed by atoms with Crippen LogP contribution in [0.3, 0.4) is 0 Å². The zero-order valence-electron chi connectivity index (χ0n) is 9.81. The van der Waals surface area contributed by atoms with Crippen LogP contribution in [0.2, 0.25) is 0 Å². The van der Waals surface area contributed by atoms with Gasteiger partial charge in [0.25, 0.3) is 10.0 Å². The van der Waals surface area contributed by atoms with Crippen molar-refractivity contribution in [2.75, 3.05) is 4.72 Å². The molecule has 0 fully saturated rings. The molecule has 2 aromatic rings. The Bertz CT molecular complexity index is 705. The molecule has 2 rings (SSSR count). The van der Waals surface area contributed by atoms with Gasteiger partial charge in [-0.25, -0.2) is 9.78 Å². The predicted octanol–water partition coefficient (Wildman–Crippen LogP) is 0.314. The average molecular weight is 282 g/mol. The number of aromatic carboxylic acids is 1. The largest absolute Gasteiger partial charge is 0.478 e. The topological polar surface area (TPSA) is 114 Å². The first-order valence-electron chi connectivity index (χ1n) is 5.09. The molecule has 0 saturated heterocycles. The molecular weight excluding hydrogens is 272 g/mol. The van der Waals surface area contributed by atoms with Crippen molar-refractivity contribution in [1.82, 2.24) is 14.8 Å². The second-order valence-electron chi connectivity index (χ2n) is 3.70. The maximum absolute atomic E-state index is 11.9. The minimum Gasteiger partial charge on any atom is -0.478 e. The van der Waals surface area contributed by atoms with Crippen LogP contribution < -0.4 is 4.72 Å². The SMILES string of the molecule is Cn1cc(NS(=O)(=O)c2ccc(C(=O)O)cn2)cn1. The Morgan fingerprint density at radius 3 is 2.58 bits per heavy atom. The zero-order chi connectivity index (χ0) is 14.0. The molecule has 0 unspecified atom stereocenters. The van der Waals surface area contributed by atoms with E-state index >= 15 is 0 Å². The summed E-state index contributed by atoms with van der Waals surface area (Å²) in [7, 11) is -2.20. The number of pyridine rings is 1. The molecule has 2 heterocycles. The predicted molar refractivity (Wildman–Crippen MR) is 65.2 cm³/mol. The highest BCUT2D eigenvalue weighted by Crippen LogP contribution is 2.13. The van der Waals surface area contributed by atoms with Crippen molar-refractivity contribution in [2.45, 2.75) is 5.03 Å². The van der Waals surface area contributed by atoms with Crippen molar-refractivity contribution in [2.24, 2.45) is 7.05 Å². The Balaban J connectivity index is 2.26. The first-order valence-corrected chi connectivity index (χ1v) is 6.57. The molecule has 8 nitrogen and oxygen atoms in total. The molecule has 9 heteroatoms. The lowest BCUT2D eigenvalue weighted by Crippen LogP contribution is -2.14. The summed E-state index contributed by atoms with van der Waals surface area (Å²) in [5.74, 6) is -1.17. The highest BCUT2D eigenvalue weighted by molar-refractivity contribution is 7.92. The average Bonchev–Trinajstić information content (AvgIpc) is 2.74. The lowest BCUT2D eigenvalue weighted by atomic mass is 10.3. The van der Waals surface area contributed by atoms with Crippen LogP contribution in [-0.4, -0.2) is 34.3 Å². The van der Waals surface area contributed by atoms with Gasteiger partial charge in [-0.15, -0.1) is 0 Å². The second kappa shape index (κ2) is 4.69. The Hall–Kier alpha value is -2.42. The van der Waals surface area contributed by atoms with Gasteiger partial charge in [0.05, 0.1) is 17.4 Å². The van der Waals surface area contributed by atoms with Crippen LogP contribution in [0.1, 0.15) is 10.4 Å². The zero-order valence-corrected chi connectivity index (χ0v) is 10.6. The Kier molecular flexibility index (Phi) is 3.21. The third-order valence-corrected chi connectivity index (χ3v) is 3.51. The van der Waals surface area contributed by atoms with Crippen molar-refractivity contribution in [3.05, 3.63) is 36.3 Å². The van der Waals surface area contributed by atoms with Crippen molar-refractivity contribution in [3.63, 3.8) is 0 Å². The van der Waals surface area contributed by atoms with Crippen LogP contribution in [0.4, 0.5) is 5.69 Å². The highest BCUT2D eigenvalue weighted by Gasteiger charge is 2.17. The van der Waals surface area contributed by atoms with Gasteiger partial charge in [-0.05, 0) is 12.1 Å². The number of aromatic nitrogens is 3. The molecule has 2 N–H and O–H groups in total. The molecule has 0 saturated carbocycles. The number of carboxylic acids is 1. The fourth-order valence-electron chi connectivity index (χ4n) is 1.35. The molecule has 100 valence electrons. The van der Waals surface area contributed by atoms with E-state index in [1.54, 1.807) is 7.05 Å². The maximum atomic E-state index is 11.9. The van der Waals surface area contributed by atoms with Gasteiger partial charge in [0, 0.05) is 19.4 Å². The summed E-state index contributed by atoms with van der Waals surface area (Å²) in [6.07, 6.45) is 3.83. The summed E-state index contributed by atoms with van der Waals surface area (Å²) in [4.78, 5) is 14.3. The lowest BCUT2D eigenvalue weighted by molar-refractivity contribution is 0.0696. The molecule has 2 aromatic heterocycles. The van der Waals surface area contributed by atoms with Crippen LogP contribution >= 0.6 is 0 Å². The molecule has 0 bridgehead atoms. The van der Waals surface area contributed by atoms with E-state index in [-0.39, 0.29) is 10.6 Å². The molecule has 0 atom stereocenters. The lowest BCUT2D eigenvalue weighted by Gasteiger charge is -2.04. The van der Waals surface area contributed by atoms with Gasteiger partial charge in [-0.2, -0.15) is 13.5 Å². The van der Waals surface area contributed by atoms with Gasteiger partial charge in [0.2, 0.25) is 0 Å². The van der Waals surface area contributed by atoms with E-state index in [0.29, 0.717) is 5.69 Å². The highest BCUT2D eigenvalue weighted by atomic mass is 32.2. The minimum atomic E-state index is -3.85. The van der Waals surface area contributed by atoms with Gasteiger partial charge in [-0.1, -0.05) is 0 Å². The monoisotopic (exact) mass is 282 g/mol. The van der Waals surface area contributed by atoms with Gasteiger partial charge in [0.1, 0.15) is 0 Å². The summed E-state index contributed by atoms with van der Waals surface area (Å²) in [6, 6.07) is 2.30. The van der Waals surface area contributed by atoms with E-state index in [1.807, 2.05) is 0 Å². The number of aryl methyl sites for hydroxylation is 1. The van der Waals surface area contributed by atoms with Crippen LogP contribution in [0.15, 0.2) is 35.7 Å². The Labute approximate surface area is 108 Å². The number of carboxylic acid groups (broad SMARTS) is 1. The quantitative estimate of drug-likeness (QED) is 0.834. The number of hydrogen-bond acceptors (Lipinski definition) is 5. The van der Waals surface area contributed by atoms with Crippen LogP contribution in [0, 0.1) is 0 Å². The van der Waals surface area contributed by atoms with E-state index in [2.05, 4.69) is 14.8 Å². The molecule has 0 spiro atoms. The molecule has 0 radical (unpaired) electrons. The van der Waals surface area contributed by atoms with Crippen LogP contribution in [-0.2, 0) is 17.1 Å². The van der Waals surface area contributed by atoms with E-state index in [4.69, 9.17) is 5.11 Å². The third-order valence-electron chi connectivity index (χ3n) is 2.22. The molecular formula is C10H10N4O4S. The standard InChI is InChI=1S/C10H10N4O4S/c1-14-6-8(5-12-14)13-19(17,18)9-3-2-7(4-11-9)10(15)16/h2-6,13H,1H3,(H,15,16). The summed E-state index contributed by atoms with van der Waals surface area (Å²) < 4.78 is 27.6. The van der Waals surface area contributed by atoms with Gasteiger partial charge < -0.3 is 5.11 Å².